The van der Waals surface area contributed by atoms with Crippen molar-refractivity contribution < 1.29 is 19.5 Å². The lowest BCUT2D eigenvalue weighted by atomic mass is 9.86. The number of nitrogens with zero attached hydrogens (tertiary/aromatic N) is 1. The van der Waals surface area contributed by atoms with Crippen molar-refractivity contribution >= 4 is 23.8 Å². The summed E-state index contributed by atoms with van der Waals surface area (Å²) in [5, 5.41) is 13.1. The van der Waals surface area contributed by atoms with Crippen molar-refractivity contribution in [3.63, 3.8) is 0 Å². The van der Waals surface area contributed by atoms with Crippen molar-refractivity contribution in [3.8, 4) is 5.75 Å². The molecule has 0 bridgehead atoms. The Morgan fingerprint density at radius 3 is 2.44 bits per heavy atom. The van der Waals surface area contributed by atoms with Crippen LogP contribution >= 0.6 is 11.6 Å². The highest BCUT2D eigenvalue weighted by Gasteiger charge is 2.12. The quantitative estimate of drug-likeness (QED) is 0.393. The number of benzene rings is 2. The molecule has 0 amide bonds. The van der Waals surface area contributed by atoms with E-state index in [1.807, 2.05) is 0 Å². The average molecular weight is 390 g/mol. The Balaban J connectivity index is 1.70. The Kier molecular flexibility index (Phi) is 7.25. The molecule has 2 aromatic rings. The van der Waals surface area contributed by atoms with Gasteiger partial charge in [-0.1, -0.05) is 61.8 Å². The highest BCUT2D eigenvalue weighted by Crippen LogP contribution is 2.25. The molecule has 0 aliphatic rings. The zero-order valence-electron chi connectivity index (χ0n) is 15.7. The number of carbonyl (C=O) groups is 1. The van der Waals surface area contributed by atoms with Gasteiger partial charge in [0.2, 0.25) is 0 Å². The summed E-state index contributed by atoms with van der Waals surface area (Å²) in [6.07, 6.45) is 2.40. The van der Waals surface area contributed by atoms with Crippen LogP contribution in [0.1, 0.15) is 42.3 Å². The van der Waals surface area contributed by atoms with E-state index in [1.54, 1.807) is 6.21 Å². The van der Waals surface area contributed by atoms with Gasteiger partial charge in [-0.15, -0.1) is 0 Å². The molecular weight excluding hydrogens is 366 g/mol. The van der Waals surface area contributed by atoms with Crippen LogP contribution < -0.4 is 4.74 Å². The Morgan fingerprint density at radius 2 is 1.85 bits per heavy atom. The number of carboxylic acid groups (broad SMARTS) is 1. The average Bonchev–Trinajstić information content (AvgIpc) is 2.61. The van der Waals surface area contributed by atoms with E-state index >= 15 is 0 Å². The minimum absolute atomic E-state index is 0.115. The number of carboxylic acids is 1. The summed E-state index contributed by atoms with van der Waals surface area (Å²) in [6.45, 7) is 7.08. The summed E-state index contributed by atoms with van der Waals surface area (Å²) < 4.78 is 5.46. The van der Waals surface area contributed by atoms with Gasteiger partial charge in [0.25, 0.3) is 0 Å². The summed E-state index contributed by atoms with van der Waals surface area (Å²) in [5.41, 5.74) is 2.72. The molecule has 2 rings (SSSR count). The molecule has 144 valence electrons. The molecule has 6 heteroatoms. The third-order valence-electron chi connectivity index (χ3n) is 3.91. The summed E-state index contributed by atoms with van der Waals surface area (Å²) >= 11 is 5.98. The molecular formula is C21H24ClNO4. The van der Waals surface area contributed by atoms with Gasteiger partial charge in [0, 0.05) is 12.6 Å². The Hall–Kier alpha value is -2.53. The summed E-state index contributed by atoms with van der Waals surface area (Å²) in [7, 11) is 0. The lowest BCUT2D eigenvalue weighted by Crippen LogP contribution is -2.10. The largest absolute Gasteiger partial charge is 0.488 e. The van der Waals surface area contributed by atoms with Crippen molar-refractivity contribution in [1.29, 1.82) is 0 Å². The van der Waals surface area contributed by atoms with E-state index in [0.717, 1.165) is 5.56 Å². The van der Waals surface area contributed by atoms with Crippen LogP contribution in [0.15, 0.2) is 47.6 Å². The third kappa shape index (κ3) is 6.61. The third-order valence-corrected chi connectivity index (χ3v) is 4.20. The van der Waals surface area contributed by atoms with Crippen LogP contribution in [0, 0.1) is 0 Å². The molecule has 1 N–H and O–H groups in total. The van der Waals surface area contributed by atoms with E-state index in [2.05, 4.69) is 50.2 Å². The van der Waals surface area contributed by atoms with Gasteiger partial charge in [-0.3, -0.25) is 0 Å². The molecule has 27 heavy (non-hydrogen) atoms. The second-order valence-electron chi connectivity index (χ2n) is 7.07. The lowest BCUT2D eigenvalue weighted by molar-refractivity contribution is 0.0696. The van der Waals surface area contributed by atoms with E-state index in [-0.39, 0.29) is 29.2 Å². The van der Waals surface area contributed by atoms with E-state index in [4.69, 9.17) is 26.3 Å². The molecule has 0 aliphatic heterocycles. The lowest BCUT2D eigenvalue weighted by Gasteiger charge is -2.18. The second kappa shape index (κ2) is 9.42. The highest BCUT2D eigenvalue weighted by atomic mass is 35.5. The first-order valence-electron chi connectivity index (χ1n) is 8.66. The SMILES string of the molecule is CC(C)(C)c1ccc(C/C=N/OCCOc2ccc(C(=O)O)cc2Cl)cc1. The number of ether oxygens (including phenoxy) is 1. The molecule has 0 aromatic heterocycles. The predicted octanol–water partition coefficient (Wildman–Crippen LogP) is 4.96. The van der Waals surface area contributed by atoms with Gasteiger partial charge in [-0.25, -0.2) is 4.79 Å². The number of halogens is 1. The minimum Gasteiger partial charge on any atom is -0.488 e. The van der Waals surface area contributed by atoms with Gasteiger partial charge in [-0.2, -0.15) is 0 Å². The van der Waals surface area contributed by atoms with Gasteiger partial charge in [0.05, 0.1) is 10.6 Å². The molecule has 0 aliphatic carbocycles. The van der Waals surface area contributed by atoms with Crippen LogP contribution in [-0.4, -0.2) is 30.5 Å². The molecule has 0 fully saturated rings. The number of aromatic carboxylic acids is 1. The smallest absolute Gasteiger partial charge is 0.335 e. The molecule has 0 radical (unpaired) electrons. The first kappa shape index (κ1) is 20.8. The number of hydrogen-bond acceptors (Lipinski definition) is 4. The Labute approximate surface area is 164 Å². The molecule has 0 heterocycles. The van der Waals surface area contributed by atoms with Crippen molar-refractivity contribution in [2.75, 3.05) is 13.2 Å². The van der Waals surface area contributed by atoms with Crippen molar-refractivity contribution in [1.82, 2.24) is 0 Å². The maximum absolute atomic E-state index is 10.9. The molecule has 0 saturated carbocycles. The first-order chi connectivity index (χ1) is 12.8. The topological polar surface area (TPSA) is 68.1 Å². The van der Waals surface area contributed by atoms with Gasteiger partial charge < -0.3 is 14.7 Å². The fourth-order valence-corrected chi connectivity index (χ4v) is 2.56. The highest BCUT2D eigenvalue weighted by molar-refractivity contribution is 6.32. The minimum atomic E-state index is -1.03. The van der Waals surface area contributed by atoms with Gasteiger partial charge in [0.15, 0.2) is 6.61 Å². The zero-order chi connectivity index (χ0) is 19.9. The van der Waals surface area contributed by atoms with Crippen LogP contribution in [0.5, 0.6) is 5.75 Å². The van der Waals surface area contributed by atoms with E-state index in [1.165, 1.54) is 23.8 Å². The van der Waals surface area contributed by atoms with Crippen molar-refractivity contribution in [3.05, 3.63) is 64.2 Å². The van der Waals surface area contributed by atoms with E-state index < -0.39 is 5.97 Å². The van der Waals surface area contributed by atoms with Crippen LogP contribution in [0.3, 0.4) is 0 Å². The second-order valence-corrected chi connectivity index (χ2v) is 7.48. The normalized spacial score (nSPS) is 11.6. The number of hydrogen-bond donors (Lipinski definition) is 1. The Bertz CT molecular complexity index is 795. The standard InChI is InChI=1S/C21H24ClNO4/c1-21(2,3)17-7-4-15(5-8-17)10-11-23-27-13-12-26-19-9-6-16(20(24)25)14-18(19)22/h4-9,11,14H,10,12-13H2,1-3H3,(H,24,25)/b23-11+. The molecule has 0 spiro atoms. The maximum atomic E-state index is 10.9. The molecule has 0 saturated heterocycles. The van der Waals surface area contributed by atoms with Crippen molar-refractivity contribution in [2.24, 2.45) is 5.16 Å². The van der Waals surface area contributed by atoms with E-state index in [9.17, 15) is 4.79 Å². The summed E-state index contributed by atoms with van der Waals surface area (Å²) in [5.74, 6) is -0.623. The molecule has 5 nitrogen and oxygen atoms in total. The van der Waals surface area contributed by atoms with Gasteiger partial charge in [-0.05, 0) is 34.7 Å². The van der Waals surface area contributed by atoms with Crippen molar-refractivity contribution in [2.45, 2.75) is 32.6 Å². The summed E-state index contributed by atoms with van der Waals surface area (Å²) in [4.78, 5) is 16.0. The van der Waals surface area contributed by atoms with Crippen LogP contribution in [-0.2, 0) is 16.7 Å². The van der Waals surface area contributed by atoms with Gasteiger partial charge >= 0.3 is 5.97 Å². The molecule has 0 unspecified atom stereocenters. The van der Waals surface area contributed by atoms with E-state index in [0.29, 0.717) is 12.2 Å². The Morgan fingerprint density at radius 1 is 1.15 bits per heavy atom. The van der Waals surface area contributed by atoms with Crippen LogP contribution in [0.25, 0.3) is 0 Å². The van der Waals surface area contributed by atoms with Gasteiger partial charge in [0.1, 0.15) is 12.4 Å². The monoisotopic (exact) mass is 389 g/mol. The van der Waals surface area contributed by atoms with Crippen LogP contribution in [0.2, 0.25) is 5.02 Å². The zero-order valence-corrected chi connectivity index (χ0v) is 16.5. The predicted molar refractivity (Wildman–Crippen MR) is 107 cm³/mol. The summed E-state index contributed by atoms with van der Waals surface area (Å²) in [6, 6.07) is 12.8. The fourth-order valence-electron chi connectivity index (χ4n) is 2.33. The number of rotatable bonds is 8. The van der Waals surface area contributed by atoms with Crippen LogP contribution in [0.4, 0.5) is 0 Å². The maximum Gasteiger partial charge on any atom is 0.335 e. The molecule has 0 atom stereocenters. The number of oxime groups is 1. The molecule has 2 aromatic carbocycles. The fraction of sp³-hybridized carbons (Fsp3) is 0.333. The first-order valence-corrected chi connectivity index (χ1v) is 9.04.